The van der Waals surface area contributed by atoms with E-state index in [9.17, 15) is 0 Å². The van der Waals surface area contributed by atoms with E-state index in [1.807, 2.05) is 0 Å². The van der Waals surface area contributed by atoms with Crippen LogP contribution in [-0.4, -0.2) is 12.2 Å². The second-order valence-electron chi connectivity index (χ2n) is 2.18. The van der Waals surface area contributed by atoms with E-state index in [4.69, 9.17) is 10.5 Å². The van der Waals surface area contributed by atoms with Crippen molar-refractivity contribution in [3.05, 3.63) is 24.3 Å². The van der Waals surface area contributed by atoms with Gasteiger partial charge in [-0.05, 0) is 36.5 Å². The van der Waals surface area contributed by atoms with Gasteiger partial charge in [0.2, 0.25) is 0 Å². The molecule has 3 nitrogen and oxygen atoms in total. The fraction of sp³-hybridized carbons (Fsp3) is 0.125. The fourth-order valence-corrected chi connectivity index (χ4v) is 0.923. The Bertz CT molecular complexity index is 271. The summed E-state index contributed by atoms with van der Waals surface area (Å²) in [5.74, 6) is 0.788. The molecule has 0 saturated carbocycles. The van der Waals surface area contributed by atoms with E-state index in [1.165, 1.54) is 0 Å². The molecule has 0 amide bonds. The maximum atomic E-state index is 7.00. The number of hydrogen-bond acceptors (Lipinski definition) is 2. The van der Waals surface area contributed by atoms with Gasteiger partial charge in [-0.25, -0.2) is 0 Å². The number of thiocarbonyl (C=S) groups is 1. The van der Waals surface area contributed by atoms with E-state index >= 15 is 0 Å². The highest BCUT2D eigenvalue weighted by atomic mass is 32.1. The second-order valence-corrected chi connectivity index (χ2v) is 2.59. The molecule has 1 radical (unpaired) electrons. The highest BCUT2D eigenvalue weighted by Gasteiger charge is 1.93. The molecule has 0 saturated heterocycles. The van der Waals surface area contributed by atoms with E-state index in [0.29, 0.717) is 0 Å². The lowest BCUT2D eigenvalue weighted by atomic mass is 10.3. The first-order valence-electron chi connectivity index (χ1n) is 3.39. The summed E-state index contributed by atoms with van der Waals surface area (Å²) in [6, 6.07) is 7.22. The molecule has 1 aromatic carbocycles. The van der Waals surface area contributed by atoms with Gasteiger partial charge in [-0.15, -0.1) is 0 Å². The quantitative estimate of drug-likeness (QED) is 0.706. The Kier molecular flexibility index (Phi) is 2.88. The minimum Gasteiger partial charge on any atom is -0.497 e. The number of anilines is 1. The summed E-state index contributed by atoms with van der Waals surface area (Å²) in [6.07, 6.45) is 0. The van der Waals surface area contributed by atoms with Crippen LogP contribution in [0.4, 0.5) is 5.69 Å². The minimum atomic E-state index is 0.0140. The number of ether oxygens (including phenoxy) is 1. The third-order valence-corrected chi connectivity index (χ3v) is 1.45. The average Bonchev–Trinajstić information content (AvgIpc) is 2.05. The van der Waals surface area contributed by atoms with Crippen molar-refractivity contribution in [2.24, 2.45) is 0 Å². The summed E-state index contributed by atoms with van der Waals surface area (Å²) in [7, 11) is 1.61. The predicted octanol–water partition coefficient (Wildman–Crippen LogP) is 1.67. The topological polar surface area (TPSA) is 45.1 Å². The van der Waals surface area contributed by atoms with E-state index in [-0.39, 0.29) is 5.11 Å². The summed E-state index contributed by atoms with van der Waals surface area (Å²) in [5.41, 5.74) is 7.80. The van der Waals surface area contributed by atoms with Crippen molar-refractivity contribution in [3.63, 3.8) is 0 Å². The third-order valence-electron chi connectivity index (χ3n) is 1.35. The minimum absolute atomic E-state index is 0.0140. The largest absolute Gasteiger partial charge is 0.497 e. The lowest BCUT2D eigenvalue weighted by Gasteiger charge is -2.03. The lowest BCUT2D eigenvalue weighted by molar-refractivity contribution is 0.415. The maximum Gasteiger partial charge on any atom is 0.189 e. The molecule has 0 atom stereocenters. The Morgan fingerprint density at radius 1 is 1.42 bits per heavy atom. The van der Waals surface area contributed by atoms with Crippen molar-refractivity contribution in [2.45, 2.75) is 0 Å². The third kappa shape index (κ3) is 2.39. The first kappa shape index (κ1) is 8.80. The van der Waals surface area contributed by atoms with E-state index < -0.39 is 0 Å². The Hall–Kier alpha value is -1.29. The molecule has 0 aliphatic carbocycles. The molecule has 0 aliphatic rings. The van der Waals surface area contributed by atoms with E-state index in [2.05, 4.69) is 17.5 Å². The second kappa shape index (κ2) is 3.92. The molecule has 12 heavy (non-hydrogen) atoms. The van der Waals surface area contributed by atoms with Gasteiger partial charge in [-0.2, -0.15) is 0 Å². The van der Waals surface area contributed by atoms with Crippen LogP contribution in [0.15, 0.2) is 24.3 Å². The standard InChI is InChI=1S/C8H9N2OS/c1-11-7-4-2-6(3-5-7)10-8(9)12/h2-5,9H,1H3,(H,10,12). The molecule has 0 heterocycles. The normalized spacial score (nSPS) is 9.08. The van der Waals surface area contributed by atoms with Crippen LogP contribution in [0.5, 0.6) is 5.75 Å². The van der Waals surface area contributed by atoms with Gasteiger partial charge >= 0.3 is 0 Å². The Morgan fingerprint density at radius 2 is 2.00 bits per heavy atom. The zero-order valence-corrected chi connectivity index (χ0v) is 7.44. The highest BCUT2D eigenvalue weighted by molar-refractivity contribution is 7.80. The Balaban J connectivity index is 2.71. The number of benzene rings is 1. The van der Waals surface area contributed by atoms with Crippen molar-refractivity contribution in [1.82, 2.24) is 5.73 Å². The zero-order chi connectivity index (χ0) is 8.97. The number of methoxy groups -OCH3 is 1. The zero-order valence-electron chi connectivity index (χ0n) is 6.63. The van der Waals surface area contributed by atoms with Crippen molar-refractivity contribution in [1.29, 1.82) is 0 Å². The summed E-state index contributed by atoms with van der Waals surface area (Å²) in [6.45, 7) is 0. The summed E-state index contributed by atoms with van der Waals surface area (Å²) < 4.78 is 4.97. The maximum absolute atomic E-state index is 7.00. The van der Waals surface area contributed by atoms with Crippen molar-refractivity contribution in [2.75, 3.05) is 12.4 Å². The SMILES string of the molecule is COc1ccc(NC([NH])=S)cc1. The molecule has 0 fully saturated rings. The summed E-state index contributed by atoms with van der Waals surface area (Å²) >= 11 is 4.56. The Morgan fingerprint density at radius 3 is 2.42 bits per heavy atom. The van der Waals surface area contributed by atoms with Gasteiger partial charge in [0, 0.05) is 5.69 Å². The lowest BCUT2D eigenvalue weighted by Crippen LogP contribution is -2.08. The monoisotopic (exact) mass is 181 g/mol. The van der Waals surface area contributed by atoms with Crippen LogP contribution in [0.25, 0.3) is 0 Å². The average molecular weight is 181 g/mol. The van der Waals surface area contributed by atoms with Crippen LogP contribution in [0.1, 0.15) is 0 Å². The molecule has 0 aromatic heterocycles. The number of rotatable bonds is 2. The van der Waals surface area contributed by atoms with E-state index in [1.54, 1.807) is 31.4 Å². The van der Waals surface area contributed by atoms with Gasteiger partial charge in [0.15, 0.2) is 5.11 Å². The fourth-order valence-electron chi connectivity index (χ4n) is 0.805. The highest BCUT2D eigenvalue weighted by Crippen LogP contribution is 2.14. The molecular formula is C8H9N2OS. The van der Waals surface area contributed by atoms with Gasteiger partial charge in [0.25, 0.3) is 0 Å². The number of nitrogens with one attached hydrogen (secondary N) is 2. The van der Waals surface area contributed by atoms with Crippen LogP contribution in [0.2, 0.25) is 0 Å². The summed E-state index contributed by atoms with van der Waals surface area (Å²) in [4.78, 5) is 0. The van der Waals surface area contributed by atoms with Gasteiger partial charge < -0.3 is 10.1 Å². The predicted molar refractivity (Wildman–Crippen MR) is 52.3 cm³/mol. The van der Waals surface area contributed by atoms with Crippen LogP contribution in [0, 0.1) is 0 Å². The van der Waals surface area contributed by atoms with Crippen LogP contribution >= 0.6 is 12.2 Å². The van der Waals surface area contributed by atoms with Crippen molar-refractivity contribution < 1.29 is 4.74 Å². The van der Waals surface area contributed by atoms with Crippen LogP contribution in [0.3, 0.4) is 0 Å². The summed E-state index contributed by atoms with van der Waals surface area (Å²) in [5, 5.41) is 2.71. The molecule has 0 aliphatic heterocycles. The molecule has 63 valence electrons. The Labute approximate surface area is 76.5 Å². The molecule has 4 heteroatoms. The first-order chi connectivity index (χ1) is 5.72. The van der Waals surface area contributed by atoms with Crippen LogP contribution in [-0.2, 0) is 0 Å². The molecule has 0 bridgehead atoms. The molecule has 2 N–H and O–H groups in total. The molecule has 0 spiro atoms. The van der Waals surface area contributed by atoms with Crippen molar-refractivity contribution >= 4 is 23.0 Å². The molecular weight excluding hydrogens is 172 g/mol. The van der Waals surface area contributed by atoms with Gasteiger partial charge in [0.05, 0.1) is 7.11 Å². The van der Waals surface area contributed by atoms with Crippen LogP contribution < -0.4 is 15.8 Å². The smallest absolute Gasteiger partial charge is 0.189 e. The van der Waals surface area contributed by atoms with Gasteiger partial charge in [-0.3, -0.25) is 5.73 Å². The molecule has 1 aromatic rings. The van der Waals surface area contributed by atoms with E-state index in [0.717, 1.165) is 11.4 Å². The molecule has 1 rings (SSSR count). The molecule has 0 unspecified atom stereocenters. The number of hydrogen-bond donors (Lipinski definition) is 1. The van der Waals surface area contributed by atoms with Gasteiger partial charge in [0.1, 0.15) is 5.75 Å². The van der Waals surface area contributed by atoms with Gasteiger partial charge in [-0.1, -0.05) is 0 Å². The first-order valence-corrected chi connectivity index (χ1v) is 3.80. The van der Waals surface area contributed by atoms with Crippen molar-refractivity contribution in [3.8, 4) is 5.75 Å².